The van der Waals surface area contributed by atoms with E-state index in [-0.39, 0.29) is 87.5 Å². The zero-order valence-corrected chi connectivity index (χ0v) is 44.2. The van der Waals surface area contributed by atoms with Crippen LogP contribution in [-0.4, -0.2) is 169 Å². The number of hydrogen-bond donors (Lipinski definition) is 0. The standard InChI is InChI=1S/C20H32O6.C18H26O6.C17H26O6/c1-12(2)19(21)26-16-10-23-17-15(9-22-18(16)17)25-11-24-14-6-13(3)7-20(4,5)8-14;1-10(2)18(19)24-15-8-21-16-14(7-20-17(15)16)23-9-22-13-6-11-3-4-12(13)5-11;1-11(2)17(18)23-14-9-20-15-13(8-19-16(14)15)22-10-21-12-6-4-3-5-7-12/h13-18H,1,6-11H2,2-5H3;11-17H,1,3-9H2,2H3;12-16H,1,3-10H2,2H3. The van der Waals surface area contributed by atoms with Crippen molar-refractivity contribution in [1.82, 2.24) is 0 Å². The summed E-state index contributed by atoms with van der Waals surface area (Å²) in [6.07, 6.45) is 12.3. The molecule has 0 aromatic carbocycles. The van der Waals surface area contributed by atoms with Gasteiger partial charge in [0.15, 0.2) is 18.3 Å². The summed E-state index contributed by atoms with van der Waals surface area (Å²) in [5, 5.41) is 0. The smallest absolute Gasteiger partial charge is 0.333 e. The van der Waals surface area contributed by atoms with Gasteiger partial charge in [-0.1, -0.05) is 59.8 Å². The summed E-state index contributed by atoms with van der Waals surface area (Å²) in [6.45, 7) is 25.6. The van der Waals surface area contributed by atoms with Gasteiger partial charge in [-0.3, -0.25) is 0 Å². The SMILES string of the molecule is C=C(C)C(=O)OC1COC2C(OCOC3CC(C)CC(C)(C)C3)COC12.C=C(C)C(=O)OC1COC2C(OCOC3CC4CCC3C4)COC12.C=C(C)C(=O)OC1COC2C(OCOC3CCCCC3)COC12. The van der Waals surface area contributed by atoms with Crippen molar-refractivity contribution in [2.24, 2.45) is 23.2 Å². The van der Waals surface area contributed by atoms with Crippen LogP contribution in [-0.2, 0) is 85.4 Å². The number of rotatable bonds is 18. The van der Waals surface area contributed by atoms with Gasteiger partial charge < -0.3 is 71.1 Å². The van der Waals surface area contributed by atoms with Crippen molar-refractivity contribution in [2.75, 3.05) is 60.0 Å². The molecule has 2 bridgehead atoms. The first-order chi connectivity index (χ1) is 35.0. The molecular formula is C55H84O18. The van der Waals surface area contributed by atoms with Gasteiger partial charge >= 0.3 is 17.9 Å². The Morgan fingerprint density at radius 2 is 0.836 bits per heavy atom. The Hall–Kier alpha value is -2.85. The van der Waals surface area contributed by atoms with Gasteiger partial charge in [0.05, 0.1) is 58.0 Å². The first-order valence-corrected chi connectivity index (χ1v) is 27.0. The number of hydrogen-bond acceptors (Lipinski definition) is 18. The van der Waals surface area contributed by atoms with E-state index in [1.807, 2.05) is 0 Å². The monoisotopic (exact) mass is 1030 g/mol. The van der Waals surface area contributed by atoms with Gasteiger partial charge in [-0.2, -0.15) is 0 Å². The fourth-order valence-corrected chi connectivity index (χ4v) is 12.4. The molecule has 10 fully saturated rings. The Balaban J connectivity index is 0.000000146. The molecule has 0 spiro atoms. The lowest BCUT2D eigenvalue weighted by Gasteiger charge is -2.38. The lowest BCUT2D eigenvalue weighted by molar-refractivity contribution is -0.156. The third kappa shape index (κ3) is 15.0. The van der Waals surface area contributed by atoms with Gasteiger partial charge in [0.2, 0.25) is 0 Å². The van der Waals surface area contributed by atoms with Crippen LogP contribution in [0.5, 0.6) is 0 Å². The van der Waals surface area contributed by atoms with E-state index in [9.17, 15) is 14.4 Å². The quantitative estimate of drug-likeness (QED) is 0.0615. The molecule has 412 valence electrons. The molecular weight excluding hydrogens is 949 g/mol. The van der Waals surface area contributed by atoms with Crippen molar-refractivity contribution in [3.63, 3.8) is 0 Å². The molecule has 0 N–H and O–H groups in total. The molecule has 10 aliphatic rings. The van der Waals surface area contributed by atoms with Crippen molar-refractivity contribution in [3.05, 3.63) is 36.5 Å². The van der Waals surface area contributed by atoms with Crippen molar-refractivity contribution >= 4 is 17.9 Å². The second kappa shape index (κ2) is 26.0. The highest BCUT2D eigenvalue weighted by molar-refractivity contribution is 5.88. The molecule has 73 heavy (non-hydrogen) atoms. The minimum absolute atomic E-state index is 0.165. The van der Waals surface area contributed by atoms with Gasteiger partial charge in [0.25, 0.3) is 0 Å². The molecule has 6 saturated heterocycles. The number of ether oxygens (including phenoxy) is 15. The van der Waals surface area contributed by atoms with Crippen LogP contribution in [0.25, 0.3) is 0 Å². The predicted molar refractivity (Wildman–Crippen MR) is 262 cm³/mol. The van der Waals surface area contributed by atoms with Gasteiger partial charge in [0, 0.05) is 16.7 Å². The van der Waals surface area contributed by atoms with Gasteiger partial charge in [-0.25, -0.2) is 14.4 Å². The van der Waals surface area contributed by atoms with Crippen molar-refractivity contribution < 1.29 is 85.4 Å². The average molecular weight is 1030 g/mol. The zero-order valence-electron chi connectivity index (χ0n) is 44.2. The number of esters is 3. The van der Waals surface area contributed by atoms with E-state index in [0.29, 0.717) is 79.9 Å². The van der Waals surface area contributed by atoms with Crippen LogP contribution < -0.4 is 0 Å². The van der Waals surface area contributed by atoms with Gasteiger partial charge in [-0.05, 0) is 102 Å². The Bertz CT molecular complexity index is 1880. The normalized spacial score (nSPS) is 38.8. The highest BCUT2D eigenvalue weighted by Crippen LogP contribution is 2.46. The molecule has 4 saturated carbocycles. The molecule has 0 aromatic rings. The van der Waals surface area contributed by atoms with E-state index in [2.05, 4.69) is 40.5 Å². The van der Waals surface area contributed by atoms with Crippen LogP contribution >= 0.6 is 0 Å². The molecule has 0 radical (unpaired) electrons. The van der Waals surface area contributed by atoms with Crippen molar-refractivity contribution in [3.8, 4) is 0 Å². The maximum absolute atomic E-state index is 11.7. The van der Waals surface area contributed by atoms with Crippen LogP contribution in [0.3, 0.4) is 0 Å². The van der Waals surface area contributed by atoms with E-state index >= 15 is 0 Å². The Morgan fingerprint density at radius 1 is 0.452 bits per heavy atom. The third-order valence-corrected chi connectivity index (χ3v) is 16.0. The highest BCUT2D eigenvalue weighted by Gasteiger charge is 2.53. The van der Waals surface area contributed by atoms with E-state index in [4.69, 9.17) is 71.1 Å². The summed E-state index contributed by atoms with van der Waals surface area (Å²) in [7, 11) is 0. The fraction of sp³-hybridized carbons (Fsp3) is 0.836. The van der Waals surface area contributed by atoms with Crippen LogP contribution in [0, 0.1) is 23.2 Å². The summed E-state index contributed by atoms with van der Waals surface area (Å²) >= 11 is 0. The highest BCUT2D eigenvalue weighted by atomic mass is 16.7. The van der Waals surface area contributed by atoms with Gasteiger partial charge in [0.1, 0.15) is 75.3 Å². The molecule has 10 rings (SSSR count). The molecule has 6 heterocycles. The van der Waals surface area contributed by atoms with E-state index in [1.54, 1.807) is 20.8 Å². The lowest BCUT2D eigenvalue weighted by Crippen LogP contribution is -2.36. The van der Waals surface area contributed by atoms with Gasteiger partial charge in [-0.15, -0.1) is 0 Å². The zero-order chi connectivity index (χ0) is 51.8. The summed E-state index contributed by atoms with van der Waals surface area (Å²) in [4.78, 5) is 35.0. The van der Waals surface area contributed by atoms with E-state index < -0.39 is 30.1 Å². The maximum atomic E-state index is 11.7. The van der Waals surface area contributed by atoms with Crippen LogP contribution in [0.2, 0.25) is 0 Å². The van der Waals surface area contributed by atoms with E-state index in [1.165, 1.54) is 51.4 Å². The summed E-state index contributed by atoms with van der Waals surface area (Å²) in [5.74, 6) is 1.03. The minimum atomic E-state index is -0.412. The predicted octanol–water partition coefficient (Wildman–Crippen LogP) is 6.63. The van der Waals surface area contributed by atoms with Crippen LogP contribution in [0.15, 0.2) is 36.5 Å². The molecule has 6 aliphatic heterocycles. The minimum Gasteiger partial charge on any atom is -0.454 e. The molecule has 17 atom stereocenters. The number of carbonyl (C=O) groups is 3. The lowest BCUT2D eigenvalue weighted by atomic mass is 9.71. The first kappa shape index (κ1) is 56.4. The molecule has 0 aromatic heterocycles. The van der Waals surface area contributed by atoms with Crippen LogP contribution in [0.1, 0.15) is 119 Å². The molecule has 18 heteroatoms. The largest absolute Gasteiger partial charge is 0.454 e. The Labute approximate surface area is 432 Å². The van der Waals surface area contributed by atoms with Crippen molar-refractivity contribution in [2.45, 2.75) is 210 Å². The molecule has 18 nitrogen and oxygen atoms in total. The first-order valence-electron chi connectivity index (χ1n) is 27.0. The third-order valence-electron chi connectivity index (χ3n) is 16.0. The molecule has 4 aliphatic carbocycles. The average Bonchev–Trinajstić information content (AvgIpc) is 4.22. The summed E-state index contributed by atoms with van der Waals surface area (Å²) in [5.41, 5.74) is 1.44. The maximum Gasteiger partial charge on any atom is 0.333 e. The van der Waals surface area contributed by atoms with E-state index in [0.717, 1.165) is 37.5 Å². The van der Waals surface area contributed by atoms with Crippen LogP contribution in [0.4, 0.5) is 0 Å². The molecule has 0 amide bonds. The number of carbonyl (C=O) groups excluding carboxylic acids is 3. The Kier molecular flexibility index (Phi) is 20.1. The fourth-order valence-electron chi connectivity index (χ4n) is 12.4. The second-order valence-electron chi connectivity index (χ2n) is 22.9. The topological polar surface area (TPSA) is 190 Å². The van der Waals surface area contributed by atoms with Crippen molar-refractivity contribution in [1.29, 1.82) is 0 Å². The summed E-state index contributed by atoms with van der Waals surface area (Å²) in [6, 6.07) is 0. The summed E-state index contributed by atoms with van der Waals surface area (Å²) < 4.78 is 85.8. The second-order valence-corrected chi connectivity index (χ2v) is 22.9. The number of fused-ring (bicyclic) bond motifs is 5. The Morgan fingerprint density at radius 3 is 1.22 bits per heavy atom. The molecule has 17 unspecified atom stereocenters.